The van der Waals surface area contributed by atoms with Crippen molar-refractivity contribution in [3.63, 3.8) is 0 Å². The third kappa shape index (κ3) is 67.8. The maximum Gasteiger partial charge on any atom is 0.472 e. The van der Waals surface area contributed by atoms with E-state index in [0.717, 1.165) is 96.3 Å². The molecule has 0 aromatic heterocycles. The maximum absolute atomic E-state index is 12.9. The van der Waals surface area contributed by atoms with Gasteiger partial charge >= 0.3 is 19.8 Å². The lowest BCUT2D eigenvalue weighted by Crippen LogP contribution is -2.37. The van der Waals surface area contributed by atoms with Crippen LogP contribution in [0.4, 0.5) is 0 Å². The van der Waals surface area contributed by atoms with Gasteiger partial charge in [-0.2, -0.15) is 0 Å². The summed E-state index contributed by atoms with van der Waals surface area (Å²) in [5.41, 5.74) is 0. The molecule has 9 nitrogen and oxygen atoms in total. The molecule has 0 amide bonds. The highest BCUT2D eigenvalue weighted by Crippen LogP contribution is 2.43. The number of nitrogens with zero attached hydrogens (tertiary/aromatic N) is 1. The van der Waals surface area contributed by atoms with Crippen molar-refractivity contribution in [1.82, 2.24) is 0 Å². The van der Waals surface area contributed by atoms with E-state index < -0.39 is 26.5 Å². The molecule has 2 unspecified atom stereocenters. The van der Waals surface area contributed by atoms with Gasteiger partial charge in [0.1, 0.15) is 19.8 Å². The summed E-state index contributed by atoms with van der Waals surface area (Å²) in [6.45, 7) is 4.31. The summed E-state index contributed by atoms with van der Waals surface area (Å²) in [5.74, 6) is -0.806. The highest BCUT2D eigenvalue weighted by Gasteiger charge is 2.27. The van der Waals surface area contributed by atoms with Crippen molar-refractivity contribution in [1.29, 1.82) is 0 Å². The Kier molecular flexibility index (Phi) is 61.6. The molecule has 0 aliphatic heterocycles. The van der Waals surface area contributed by atoms with Crippen molar-refractivity contribution < 1.29 is 42.1 Å². The van der Waals surface area contributed by atoms with Gasteiger partial charge in [-0.15, -0.1) is 0 Å². The van der Waals surface area contributed by atoms with Crippen LogP contribution in [0.5, 0.6) is 0 Å². The molecule has 0 aliphatic rings. The van der Waals surface area contributed by atoms with Gasteiger partial charge in [-0.25, -0.2) is 4.57 Å². The second-order valence-electron chi connectivity index (χ2n) is 24.2. The largest absolute Gasteiger partial charge is 0.472 e. The van der Waals surface area contributed by atoms with Crippen LogP contribution in [0.25, 0.3) is 0 Å². The SMILES string of the molecule is CC/C=C\C/C=C\C/C=C\C/C=C\C/C=C\C/C=C\CCCCCCCCCCCCCCCCCCCCCCC(=O)OC(COC(=O)CCCCCCCC/C=C\C/C=C\C/C=C\CCCCCCC)COP(=O)(O)OCC[N+](C)(C)C. The predicted octanol–water partition coefficient (Wildman–Crippen LogP) is 22.5. The summed E-state index contributed by atoms with van der Waals surface area (Å²) in [7, 11) is 1.47. The first-order valence-corrected chi connectivity index (χ1v) is 36.1. The number of carbonyl (C=O) groups excluding carboxylic acids is 2. The lowest BCUT2D eigenvalue weighted by molar-refractivity contribution is -0.870. The highest BCUT2D eigenvalue weighted by molar-refractivity contribution is 7.47. The molecule has 0 saturated carbocycles. The number of unbranched alkanes of at least 4 members (excludes halogenated alkanes) is 31. The average Bonchev–Trinajstić information content (AvgIpc) is 3.61. The number of phosphoric ester groups is 1. The quantitative estimate of drug-likeness (QED) is 0.0211. The molecule has 0 bridgehead atoms. The molecule has 0 aliphatic carbocycles. The number of likely N-dealkylation sites (N-methyl/N-ethyl adjacent to an activating group) is 1. The number of hydrogen-bond donors (Lipinski definition) is 1. The van der Waals surface area contributed by atoms with Crippen LogP contribution in [0.15, 0.2) is 109 Å². The standard InChI is InChI=1S/C74H130NO8P/c1-6-8-10-12-14-16-18-20-22-24-26-28-29-30-31-32-33-34-35-36-37-38-39-40-41-42-43-44-45-47-49-51-53-55-57-59-61-63-65-67-74(77)83-72(71-82-84(78,79)81-69-68-75(3,4)5)70-80-73(76)66-64-62-60-58-56-54-52-50-48-46-27-25-23-21-19-17-15-13-11-9-7-2/h8,10,14,16,19-22,25-28,30-31,33-34,48,50,72H,6-7,9,11-13,15,17-18,23-24,29,32,35-47,49,51-71H2,1-5H3/p+1/b10-8-,16-14-,21-19-,22-20-,27-25-,28-26-,31-30-,34-33-,50-48-. The summed E-state index contributed by atoms with van der Waals surface area (Å²) in [6, 6.07) is 0. The van der Waals surface area contributed by atoms with Crippen molar-refractivity contribution in [3.8, 4) is 0 Å². The van der Waals surface area contributed by atoms with E-state index in [1.54, 1.807) is 0 Å². The van der Waals surface area contributed by atoms with E-state index in [9.17, 15) is 19.0 Å². The smallest absolute Gasteiger partial charge is 0.462 e. The molecule has 0 aromatic carbocycles. The highest BCUT2D eigenvalue weighted by atomic mass is 31.2. The summed E-state index contributed by atoms with van der Waals surface area (Å²) in [5, 5.41) is 0. The van der Waals surface area contributed by atoms with E-state index in [-0.39, 0.29) is 32.0 Å². The summed E-state index contributed by atoms with van der Waals surface area (Å²) < 4.78 is 34.7. The van der Waals surface area contributed by atoms with E-state index in [0.29, 0.717) is 17.4 Å². The normalized spacial score (nSPS) is 13.8. The zero-order valence-corrected chi connectivity index (χ0v) is 56.0. The summed E-state index contributed by atoms with van der Waals surface area (Å²) >= 11 is 0. The lowest BCUT2D eigenvalue weighted by Gasteiger charge is -2.24. The van der Waals surface area contributed by atoms with Gasteiger partial charge in [-0.3, -0.25) is 18.6 Å². The van der Waals surface area contributed by atoms with Crippen LogP contribution in [-0.4, -0.2) is 74.9 Å². The molecule has 0 aromatic rings. The molecule has 0 heterocycles. The monoisotopic (exact) mass is 1190 g/mol. The molecule has 84 heavy (non-hydrogen) atoms. The van der Waals surface area contributed by atoms with E-state index in [1.165, 1.54) is 167 Å². The first-order chi connectivity index (χ1) is 41.0. The van der Waals surface area contributed by atoms with Crippen LogP contribution in [-0.2, 0) is 32.7 Å². The van der Waals surface area contributed by atoms with Crippen LogP contribution < -0.4 is 0 Å². The number of allylic oxidation sites excluding steroid dienone is 18. The Morgan fingerprint density at radius 3 is 1.01 bits per heavy atom. The third-order valence-corrected chi connectivity index (χ3v) is 15.8. The fourth-order valence-electron chi connectivity index (χ4n) is 9.50. The van der Waals surface area contributed by atoms with Crippen LogP contribution in [0, 0.1) is 0 Å². The van der Waals surface area contributed by atoms with Crippen molar-refractivity contribution in [2.24, 2.45) is 0 Å². The van der Waals surface area contributed by atoms with Crippen LogP contribution >= 0.6 is 7.82 Å². The molecule has 1 N–H and O–H groups in total. The Morgan fingerprint density at radius 2 is 0.679 bits per heavy atom. The Hall–Kier alpha value is -3.33. The van der Waals surface area contributed by atoms with Crippen molar-refractivity contribution in [2.75, 3.05) is 47.5 Å². The predicted molar refractivity (Wildman–Crippen MR) is 362 cm³/mol. The van der Waals surface area contributed by atoms with Gasteiger partial charge in [0.05, 0.1) is 27.7 Å². The van der Waals surface area contributed by atoms with Gasteiger partial charge < -0.3 is 18.9 Å². The van der Waals surface area contributed by atoms with Gasteiger partial charge in [0.15, 0.2) is 6.10 Å². The number of esters is 2. The Balaban J connectivity index is 4.01. The first kappa shape index (κ1) is 80.7. The minimum Gasteiger partial charge on any atom is -0.462 e. The topological polar surface area (TPSA) is 108 Å². The molecular weight excluding hydrogens is 1060 g/mol. The van der Waals surface area contributed by atoms with Crippen LogP contribution in [0.2, 0.25) is 0 Å². The fourth-order valence-corrected chi connectivity index (χ4v) is 10.2. The van der Waals surface area contributed by atoms with E-state index in [1.807, 2.05) is 21.1 Å². The van der Waals surface area contributed by atoms with Gasteiger partial charge in [0.25, 0.3) is 0 Å². The zero-order chi connectivity index (χ0) is 61.2. The number of quaternary nitrogens is 1. The minimum absolute atomic E-state index is 0.0268. The maximum atomic E-state index is 12.9. The van der Waals surface area contributed by atoms with Gasteiger partial charge in [-0.05, 0) is 103 Å². The van der Waals surface area contributed by atoms with E-state index in [4.69, 9.17) is 18.5 Å². The van der Waals surface area contributed by atoms with Gasteiger partial charge in [0, 0.05) is 12.8 Å². The second-order valence-corrected chi connectivity index (χ2v) is 25.6. The van der Waals surface area contributed by atoms with Crippen LogP contribution in [0.1, 0.15) is 296 Å². The number of ether oxygens (including phenoxy) is 2. The molecule has 0 radical (unpaired) electrons. The molecule has 0 saturated heterocycles. The van der Waals surface area contributed by atoms with Gasteiger partial charge in [-0.1, -0.05) is 290 Å². The van der Waals surface area contributed by atoms with Crippen molar-refractivity contribution in [3.05, 3.63) is 109 Å². The molecule has 0 fully saturated rings. The Morgan fingerprint density at radius 1 is 0.381 bits per heavy atom. The Bertz CT molecular complexity index is 1790. The molecular formula is C74H131NO8P+. The van der Waals surface area contributed by atoms with Crippen molar-refractivity contribution in [2.45, 2.75) is 302 Å². The Labute approximate surface area is 518 Å². The number of carbonyl (C=O) groups is 2. The molecule has 0 spiro atoms. The summed E-state index contributed by atoms with van der Waals surface area (Å²) in [4.78, 5) is 35.8. The zero-order valence-electron chi connectivity index (χ0n) is 55.1. The molecule has 2 atom stereocenters. The average molecular weight is 1190 g/mol. The molecule has 484 valence electrons. The van der Waals surface area contributed by atoms with E-state index in [2.05, 4.69) is 123 Å². The van der Waals surface area contributed by atoms with Crippen molar-refractivity contribution >= 4 is 19.8 Å². The molecule has 0 rings (SSSR count). The van der Waals surface area contributed by atoms with Crippen LogP contribution in [0.3, 0.4) is 0 Å². The number of hydrogen-bond acceptors (Lipinski definition) is 7. The van der Waals surface area contributed by atoms with E-state index >= 15 is 0 Å². The third-order valence-electron chi connectivity index (χ3n) is 14.8. The first-order valence-electron chi connectivity index (χ1n) is 34.6. The molecule has 10 heteroatoms. The van der Waals surface area contributed by atoms with Gasteiger partial charge in [0.2, 0.25) is 0 Å². The lowest BCUT2D eigenvalue weighted by atomic mass is 10.0. The fraction of sp³-hybridized carbons (Fsp3) is 0.730. The summed E-state index contributed by atoms with van der Waals surface area (Å²) in [6.07, 6.45) is 90.5. The second kappa shape index (κ2) is 64.2. The number of phosphoric acid groups is 1. The minimum atomic E-state index is -4.40. The number of rotatable bonds is 63.